The van der Waals surface area contributed by atoms with Crippen molar-refractivity contribution in [3.05, 3.63) is 0 Å². The lowest BCUT2D eigenvalue weighted by Crippen LogP contribution is -2.33. The number of nitrogens with one attached hydrogen (secondary N) is 1. The number of nitrogens with zero attached hydrogens (tertiary/aromatic N) is 1. The Morgan fingerprint density at radius 3 is 1.91 bits per heavy atom. The molecule has 0 amide bonds. The molecule has 1 N–H and O–H groups in total. The molecule has 0 spiro atoms. The predicted molar refractivity (Wildman–Crippen MR) is 54.0 cm³/mol. The number of rotatable bonds is 1. The molecule has 0 aromatic rings. The van der Waals surface area contributed by atoms with Gasteiger partial charge in [-0.15, -0.1) is 24.8 Å². The average Bonchev–Trinajstić information content (AvgIpc) is 2.13. The first-order valence-electron chi connectivity index (χ1n) is 3.59. The minimum Gasteiger partial charge on any atom is -0.315 e. The second-order valence-corrected chi connectivity index (χ2v) is 3.17. The smallest absolute Gasteiger partial charge is 0.0252 e. The van der Waals surface area contributed by atoms with Gasteiger partial charge < -0.3 is 10.2 Å². The third-order valence-corrected chi connectivity index (χ3v) is 2.14. The molecule has 0 unspecified atom stereocenters. The Hall–Kier alpha value is 0.500. The van der Waals surface area contributed by atoms with Crippen LogP contribution >= 0.6 is 24.8 Å². The number of halogens is 2. The van der Waals surface area contributed by atoms with E-state index in [1.54, 1.807) is 0 Å². The SMILES string of the molecule is C[C@H]1CNC[C@@H]1N(C)C.Cl.Cl. The Morgan fingerprint density at radius 1 is 1.18 bits per heavy atom. The molecule has 1 heterocycles. The second kappa shape index (κ2) is 6.06. The molecule has 70 valence electrons. The predicted octanol–water partition coefficient (Wildman–Crippen LogP) is 0.999. The van der Waals surface area contributed by atoms with Gasteiger partial charge in [-0.1, -0.05) is 6.92 Å². The van der Waals surface area contributed by atoms with E-state index in [1.807, 2.05) is 0 Å². The van der Waals surface area contributed by atoms with E-state index in [-0.39, 0.29) is 24.8 Å². The summed E-state index contributed by atoms with van der Waals surface area (Å²) in [7, 11) is 4.29. The topological polar surface area (TPSA) is 15.3 Å². The highest BCUT2D eigenvalue weighted by Crippen LogP contribution is 2.11. The van der Waals surface area contributed by atoms with E-state index in [0.29, 0.717) is 0 Å². The van der Waals surface area contributed by atoms with Crippen LogP contribution in [0.2, 0.25) is 0 Å². The highest BCUT2D eigenvalue weighted by atomic mass is 35.5. The summed E-state index contributed by atoms with van der Waals surface area (Å²) < 4.78 is 0. The van der Waals surface area contributed by atoms with Gasteiger partial charge in [-0.3, -0.25) is 0 Å². The highest BCUT2D eigenvalue weighted by Gasteiger charge is 2.23. The highest BCUT2D eigenvalue weighted by molar-refractivity contribution is 5.85. The minimum absolute atomic E-state index is 0. The van der Waals surface area contributed by atoms with Crippen LogP contribution in [0.3, 0.4) is 0 Å². The van der Waals surface area contributed by atoms with Gasteiger partial charge in [0.2, 0.25) is 0 Å². The molecular weight excluding hydrogens is 183 g/mol. The molecule has 0 radical (unpaired) electrons. The van der Waals surface area contributed by atoms with Crippen LogP contribution in [-0.4, -0.2) is 38.1 Å². The largest absolute Gasteiger partial charge is 0.315 e. The molecule has 0 bridgehead atoms. The van der Waals surface area contributed by atoms with Crippen LogP contribution in [0.25, 0.3) is 0 Å². The standard InChI is InChI=1S/C7H16N2.2ClH/c1-6-4-8-5-7(6)9(2)3;;/h6-8H,4-5H2,1-3H3;2*1H/t6-,7-;;/m0../s1. The summed E-state index contributed by atoms with van der Waals surface area (Å²) in [6, 6.07) is 0.755. The van der Waals surface area contributed by atoms with Crippen LogP contribution in [-0.2, 0) is 0 Å². The first kappa shape index (κ1) is 14.0. The summed E-state index contributed by atoms with van der Waals surface area (Å²) in [5.74, 6) is 0.819. The minimum atomic E-state index is 0. The van der Waals surface area contributed by atoms with E-state index >= 15 is 0 Å². The van der Waals surface area contributed by atoms with Crippen LogP contribution in [0, 0.1) is 5.92 Å². The van der Waals surface area contributed by atoms with Crippen LogP contribution < -0.4 is 5.32 Å². The van der Waals surface area contributed by atoms with Crippen molar-refractivity contribution < 1.29 is 0 Å². The Bertz CT molecular complexity index is 98.4. The molecular formula is C7H18Cl2N2. The summed E-state index contributed by atoms with van der Waals surface area (Å²) in [5, 5.41) is 3.36. The molecule has 2 atom stereocenters. The molecule has 1 aliphatic rings. The summed E-state index contributed by atoms with van der Waals surface area (Å²) in [6.07, 6.45) is 0. The Kier molecular flexibility index (Phi) is 7.75. The van der Waals surface area contributed by atoms with Gasteiger partial charge >= 0.3 is 0 Å². The fraction of sp³-hybridized carbons (Fsp3) is 1.00. The Labute approximate surface area is 81.5 Å². The summed E-state index contributed by atoms with van der Waals surface area (Å²) in [6.45, 7) is 4.64. The van der Waals surface area contributed by atoms with Crippen molar-refractivity contribution in [1.82, 2.24) is 10.2 Å². The maximum Gasteiger partial charge on any atom is 0.0252 e. The summed E-state index contributed by atoms with van der Waals surface area (Å²) in [5.41, 5.74) is 0. The van der Waals surface area contributed by atoms with Crippen molar-refractivity contribution in [2.24, 2.45) is 5.92 Å². The van der Waals surface area contributed by atoms with Gasteiger partial charge in [-0.05, 0) is 26.6 Å². The second-order valence-electron chi connectivity index (χ2n) is 3.17. The zero-order chi connectivity index (χ0) is 6.85. The zero-order valence-corrected chi connectivity index (χ0v) is 8.97. The molecule has 11 heavy (non-hydrogen) atoms. The van der Waals surface area contributed by atoms with E-state index in [2.05, 4.69) is 31.2 Å². The lowest BCUT2D eigenvalue weighted by atomic mass is 10.1. The van der Waals surface area contributed by atoms with Gasteiger partial charge in [0.15, 0.2) is 0 Å². The van der Waals surface area contributed by atoms with Gasteiger partial charge in [0, 0.05) is 12.6 Å². The Balaban J connectivity index is 0. The van der Waals surface area contributed by atoms with Crippen LogP contribution in [0.5, 0.6) is 0 Å². The first-order chi connectivity index (χ1) is 4.22. The third-order valence-electron chi connectivity index (χ3n) is 2.14. The molecule has 1 rings (SSSR count). The van der Waals surface area contributed by atoms with E-state index in [4.69, 9.17) is 0 Å². The van der Waals surface area contributed by atoms with Crippen LogP contribution in [0.1, 0.15) is 6.92 Å². The fourth-order valence-electron chi connectivity index (χ4n) is 1.49. The van der Waals surface area contributed by atoms with Crippen molar-refractivity contribution in [1.29, 1.82) is 0 Å². The Morgan fingerprint density at radius 2 is 1.73 bits per heavy atom. The third kappa shape index (κ3) is 3.61. The van der Waals surface area contributed by atoms with Gasteiger partial charge in [-0.25, -0.2) is 0 Å². The maximum absolute atomic E-state index is 3.36. The maximum atomic E-state index is 3.36. The van der Waals surface area contributed by atoms with Crippen molar-refractivity contribution in [3.63, 3.8) is 0 Å². The van der Waals surface area contributed by atoms with Crippen molar-refractivity contribution >= 4 is 24.8 Å². The molecule has 4 heteroatoms. The summed E-state index contributed by atoms with van der Waals surface area (Å²) >= 11 is 0. The molecule has 0 aromatic heterocycles. The number of hydrogen-bond donors (Lipinski definition) is 1. The first-order valence-corrected chi connectivity index (χ1v) is 3.59. The monoisotopic (exact) mass is 200 g/mol. The van der Waals surface area contributed by atoms with E-state index < -0.39 is 0 Å². The molecule has 0 aliphatic carbocycles. The van der Waals surface area contributed by atoms with Crippen LogP contribution in [0.15, 0.2) is 0 Å². The molecule has 2 nitrogen and oxygen atoms in total. The van der Waals surface area contributed by atoms with E-state index in [9.17, 15) is 0 Å². The average molecular weight is 201 g/mol. The molecule has 1 saturated heterocycles. The lowest BCUT2D eigenvalue weighted by molar-refractivity contribution is 0.266. The van der Waals surface area contributed by atoms with Gasteiger partial charge in [0.25, 0.3) is 0 Å². The van der Waals surface area contributed by atoms with Crippen molar-refractivity contribution in [2.75, 3.05) is 27.2 Å². The summed E-state index contributed by atoms with van der Waals surface area (Å²) in [4.78, 5) is 2.30. The molecule has 0 saturated carbocycles. The lowest BCUT2D eigenvalue weighted by Gasteiger charge is -2.21. The van der Waals surface area contributed by atoms with Crippen molar-refractivity contribution in [2.45, 2.75) is 13.0 Å². The number of likely N-dealkylation sites (N-methyl/N-ethyl adjacent to an activating group) is 1. The number of hydrogen-bond acceptors (Lipinski definition) is 2. The van der Waals surface area contributed by atoms with Gasteiger partial charge in [0.1, 0.15) is 0 Å². The van der Waals surface area contributed by atoms with Crippen LogP contribution in [0.4, 0.5) is 0 Å². The normalized spacial score (nSPS) is 29.5. The van der Waals surface area contributed by atoms with E-state index in [0.717, 1.165) is 18.5 Å². The van der Waals surface area contributed by atoms with Crippen molar-refractivity contribution in [3.8, 4) is 0 Å². The molecule has 0 aromatic carbocycles. The quantitative estimate of drug-likeness (QED) is 0.680. The fourth-order valence-corrected chi connectivity index (χ4v) is 1.49. The molecule has 1 fully saturated rings. The van der Waals surface area contributed by atoms with Gasteiger partial charge in [-0.2, -0.15) is 0 Å². The van der Waals surface area contributed by atoms with E-state index in [1.165, 1.54) is 6.54 Å². The molecule has 1 aliphatic heterocycles. The van der Waals surface area contributed by atoms with Gasteiger partial charge in [0.05, 0.1) is 0 Å². The zero-order valence-electron chi connectivity index (χ0n) is 7.33.